The van der Waals surface area contributed by atoms with Crippen LogP contribution in [0.15, 0.2) is 41.8 Å². The number of hydrogen-bond acceptors (Lipinski definition) is 7. The molecule has 3 amide bonds. The predicted octanol–water partition coefficient (Wildman–Crippen LogP) is 3.71. The van der Waals surface area contributed by atoms with Crippen LogP contribution in [0, 0.1) is 0 Å². The standard InChI is InChI=1S/C31H36F3N5O4S/c1-6-19(3)39(12-11-30(4,5)43)16-22-14-24(37-28(42)25-17-44-29(38-25)31(32,33)34)23(13-18(22)2)20-7-9-21(10-8-20)27(41)36-15-26(35)40/h7-10,13-14,16-17,19,43H,2,6,11-12,15H2,1,3-5H3,(H2,35,40)(H,36,41)(H,37,42)/b22-16-. The summed E-state index contributed by atoms with van der Waals surface area (Å²) in [6.45, 7) is 11.9. The Balaban J connectivity index is 2.09. The van der Waals surface area contributed by atoms with Gasteiger partial charge in [-0.05, 0) is 73.9 Å². The van der Waals surface area contributed by atoms with Crippen molar-refractivity contribution in [2.75, 3.05) is 18.4 Å². The summed E-state index contributed by atoms with van der Waals surface area (Å²) < 4.78 is 39.4. The number of halogens is 3. The highest BCUT2D eigenvalue weighted by atomic mass is 32.1. The number of aromatic nitrogens is 1. The SMILES string of the molecule is C=c1cc(-c2ccc(C(=O)NCC(N)=O)cc2)c(NC(=O)c2csc(C(F)(F)F)n2)c/c1=C/N(CCC(C)(C)O)C(C)CC. The van der Waals surface area contributed by atoms with E-state index < -0.39 is 34.5 Å². The largest absolute Gasteiger partial charge is 0.443 e. The van der Waals surface area contributed by atoms with Gasteiger partial charge in [-0.25, -0.2) is 4.98 Å². The maximum absolute atomic E-state index is 13.1. The molecule has 1 aromatic heterocycles. The van der Waals surface area contributed by atoms with E-state index in [9.17, 15) is 32.7 Å². The van der Waals surface area contributed by atoms with Crippen LogP contribution in [0.2, 0.25) is 0 Å². The predicted molar refractivity (Wildman–Crippen MR) is 165 cm³/mol. The van der Waals surface area contributed by atoms with E-state index in [1.165, 1.54) is 12.1 Å². The van der Waals surface area contributed by atoms with E-state index in [0.717, 1.165) is 11.8 Å². The molecular formula is C31H36F3N5O4S. The van der Waals surface area contributed by atoms with E-state index in [1.54, 1.807) is 38.1 Å². The second-order valence-electron chi connectivity index (χ2n) is 11.0. The van der Waals surface area contributed by atoms with Gasteiger partial charge in [-0.3, -0.25) is 14.4 Å². The third-order valence-corrected chi connectivity index (χ3v) is 7.72. The summed E-state index contributed by atoms with van der Waals surface area (Å²) in [6, 6.07) is 9.84. The Morgan fingerprint density at radius 3 is 2.36 bits per heavy atom. The first-order valence-electron chi connectivity index (χ1n) is 13.8. The number of benzene rings is 2. The first kappa shape index (κ1) is 34.3. The number of hydrogen-bond donors (Lipinski definition) is 4. The Hall–Kier alpha value is -4.23. The maximum atomic E-state index is 13.1. The van der Waals surface area contributed by atoms with Gasteiger partial charge < -0.3 is 26.4 Å². The highest BCUT2D eigenvalue weighted by Crippen LogP contribution is 2.32. The normalized spacial score (nSPS) is 13.0. The van der Waals surface area contributed by atoms with Crippen LogP contribution < -0.4 is 26.8 Å². The van der Waals surface area contributed by atoms with E-state index in [-0.39, 0.29) is 29.5 Å². The van der Waals surface area contributed by atoms with Crippen LogP contribution in [-0.4, -0.2) is 57.4 Å². The van der Waals surface area contributed by atoms with Crippen molar-refractivity contribution in [3.8, 4) is 11.1 Å². The molecule has 9 nitrogen and oxygen atoms in total. The number of carbonyl (C=O) groups is 3. The Kier molecular flexibility index (Phi) is 10.9. The molecule has 5 N–H and O–H groups in total. The van der Waals surface area contributed by atoms with Crippen LogP contribution in [0.1, 0.15) is 66.4 Å². The molecule has 0 aliphatic rings. The smallest absolute Gasteiger partial charge is 0.390 e. The van der Waals surface area contributed by atoms with Crippen LogP contribution in [0.3, 0.4) is 0 Å². The number of nitrogens with two attached hydrogens (primary N) is 1. The zero-order valence-electron chi connectivity index (χ0n) is 24.9. The minimum Gasteiger partial charge on any atom is -0.390 e. The lowest BCUT2D eigenvalue weighted by atomic mass is 9.99. The summed E-state index contributed by atoms with van der Waals surface area (Å²) in [5.41, 5.74) is 5.45. The molecule has 0 bridgehead atoms. The van der Waals surface area contributed by atoms with Crippen molar-refractivity contribution in [3.63, 3.8) is 0 Å². The van der Waals surface area contributed by atoms with Crippen LogP contribution in [0.4, 0.5) is 18.9 Å². The van der Waals surface area contributed by atoms with Crippen molar-refractivity contribution >= 4 is 47.5 Å². The van der Waals surface area contributed by atoms with Crippen LogP contribution >= 0.6 is 11.3 Å². The van der Waals surface area contributed by atoms with Crippen molar-refractivity contribution in [2.24, 2.45) is 5.73 Å². The van der Waals surface area contributed by atoms with Gasteiger partial charge in [0.25, 0.3) is 11.8 Å². The second kappa shape index (κ2) is 14.0. The van der Waals surface area contributed by atoms with E-state index in [2.05, 4.69) is 27.1 Å². The first-order chi connectivity index (χ1) is 20.5. The third-order valence-electron chi connectivity index (χ3n) is 6.83. The summed E-state index contributed by atoms with van der Waals surface area (Å²) in [5, 5.41) is 16.6. The Morgan fingerprint density at radius 2 is 1.82 bits per heavy atom. The van der Waals surface area contributed by atoms with Crippen molar-refractivity contribution in [2.45, 2.75) is 58.4 Å². The van der Waals surface area contributed by atoms with E-state index in [0.29, 0.717) is 45.9 Å². The maximum Gasteiger partial charge on any atom is 0.443 e. The zero-order chi connectivity index (χ0) is 32.8. The average Bonchev–Trinajstić information content (AvgIpc) is 3.46. The van der Waals surface area contributed by atoms with Crippen molar-refractivity contribution in [3.05, 3.63) is 68.5 Å². The Labute approximate surface area is 257 Å². The van der Waals surface area contributed by atoms with Crippen molar-refractivity contribution in [1.29, 1.82) is 0 Å². The number of aliphatic hydroxyl groups is 1. The molecule has 0 fully saturated rings. The molecule has 44 heavy (non-hydrogen) atoms. The highest BCUT2D eigenvalue weighted by molar-refractivity contribution is 7.10. The molecule has 3 aromatic rings. The number of primary amides is 1. The van der Waals surface area contributed by atoms with Gasteiger partial charge in [-0.1, -0.05) is 25.6 Å². The van der Waals surface area contributed by atoms with E-state index >= 15 is 0 Å². The molecule has 0 radical (unpaired) electrons. The molecule has 13 heteroatoms. The third kappa shape index (κ3) is 9.38. The van der Waals surface area contributed by atoms with Gasteiger partial charge in [0.05, 0.1) is 12.1 Å². The number of anilines is 1. The number of amides is 3. The van der Waals surface area contributed by atoms with Gasteiger partial charge in [-0.2, -0.15) is 13.2 Å². The monoisotopic (exact) mass is 631 g/mol. The average molecular weight is 632 g/mol. The molecule has 3 rings (SSSR count). The summed E-state index contributed by atoms with van der Waals surface area (Å²) >= 11 is 0.326. The lowest BCUT2D eigenvalue weighted by Gasteiger charge is -2.30. The van der Waals surface area contributed by atoms with Crippen molar-refractivity contribution in [1.82, 2.24) is 15.2 Å². The molecule has 0 aliphatic heterocycles. The number of nitrogens with one attached hydrogen (secondary N) is 2. The van der Waals surface area contributed by atoms with Gasteiger partial charge in [0.1, 0.15) is 5.69 Å². The lowest BCUT2D eigenvalue weighted by Crippen LogP contribution is -2.37. The molecule has 2 aromatic carbocycles. The molecule has 0 saturated heterocycles. The van der Waals surface area contributed by atoms with Crippen LogP contribution in [0.25, 0.3) is 23.9 Å². The minimum absolute atomic E-state index is 0.110. The van der Waals surface area contributed by atoms with Crippen LogP contribution in [-0.2, 0) is 11.0 Å². The fourth-order valence-corrected chi connectivity index (χ4v) is 4.78. The van der Waals surface area contributed by atoms with Gasteiger partial charge in [0.2, 0.25) is 5.91 Å². The van der Waals surface area contributed by atoms with Gasteiger partial charge in [0, 0.05) is 41.0 Å². The van der Waals surface area contributed by atoms with Gasteiger partial charge in [0.15, 0.2) is 5.01 Å². The van der Waals surface area contributed by atoms with E-state index in [4.69, 9.17) is 5.73 Å². The lowest BCUT2D eigenvalue weighted by molar-refractivity contribution is -0.137. The zero-order valence-corrected chi connectivity index (χ0v) is 25.7. The summed E-state index contributed by atoms with van der Waals surface area (Å²) in [6.07, 6.45) is -1.48. The molecule has 0 aliphatic carbocycles. The minimum atomic E-state index is -4.68. The number of rotatable bonds is 12. The summed E-state index contributed by atoms with van der Waals surface area (Å²) in [7, 11) is 0. The topological polar surface area (TPSA) is 138 Å². The Bertz CT molecular complexity index is 1610. The molecular weight excluding hydrogens is 595 g/mol. The molecule has 0 spiro atoms. The second-order valence-corrected chi connectivity index (χ2v) is 11.9. The fourth-order valence-electron chi connectivity index (χ4n) is 4.12. The number of carbonyl (C=O) groups excluding carboxylic acids is 3. The summed E-state index contributed by atoms with van der Waals surface area (Å²) in [4.78, 5) is 42.0. The quantitative estimate of drug-likeness (QED) is 0.241. The van der Waals surface area contributed by atoms with E-state index in [1.807, 2.05) is 20.0 Å². The van der Waals surface area contributed by atoms with Crippen LogP contribution in [0.5, 0.6) is 0 Å². The Morgan fingerprint density at radius 1 is 1.16 bits per heavy atom. The molecule has 1 heterocycles. The number of alkyl halides is 3. The number of nitrogens with zero attached hydrogens (tertiary/aromatic N) is 2. The van der Waals surface area contributed by atoms with Crippen molar-refractivity contribution < 1.29 is 32.7 Å². The van der Waals surface area contributed by atoms with Gasteiger partial charge in [-0.15, -0.1) is 11.3 Å². The highest BCUT2D eigenvalue weighted by Gasteiger charge is 2.35. The molecule has 236 valence electrons. The first-order valence-corrected chi connectivity index (χ1v) is 14.7. The van der Waals surface area contributed by atoms with Gasteiger partial charge >= 0.3 is 6.18 Å². The molecule has 0 saturated carbocycles. The number of thiazole rings is 1. The molecule has 1 atom stereocenters. The molecule has 1 unspecified atom stereocenters. The summed E-state index contributed by atoms with van der Waals surface area (Å²) in [5.74, 6) is -2.03. The fraction of sp³-hybridized carbons (Fsp3) is 0.355.